The number of nitrogens with one attached hydrogen (secondary N) is 1. The Kier molecular flexibility index (Phi) is 5.37. The summed E-state index contributed by atoms with van der Waals surface area (Å²) < 4.78 is 11.3. The number of carboxylic acid groups (broad SMARTS) is 1. The molecule has 0 aliphatic heterocycles. The molecule has 0 amide bonds. The van der Waals surface area contributed by atoms with E-state index in [-0.39, 0.29) is 6.42 Å². The van der Waals surface area contributed by atoms with E-state index in [1.165, 1.54) is 5.56 Å². The Labute approximate surface area is 151 Å². The third kappa shape index (κ3) is 3.94. The van der Waals surface area contributed by atoms with Gasteiger partial charge in [0, 0.05) is 5.56 Å². The first-order valence-corrected chi connectivity index (χ1v) is 8.60. The predicted molar refractivity (Wildman–Crippen MR) is 98.8 cm³/mol. The second-order valence-electron chi connectivity index (χ2n) is 6.01. The molecular formula is C21H22NO4+. The van der Waals surface area contributed by atoms with Crippen molar-refractivity contribution in [3.63, 3.8) is 0 Å². The van der Waals surface area contributed by atoms with Crippen molar-refractivity contribution in [1.82, 2.24) is 0 Å². The Morgan fingerprint density at radius 3 is 2.58 bits per heavy atom. The monoisotopic (exact) mass is 352 g/mol. The normalized spacial score (nSPS) is 11.7. The molecule has 0 aliphatic rings. The van der Waals surface area contributed by atoms with Gasteiger partial charge in [-0.1, -0.05) is 13.0 Å². The molecule has 0 unspecified atom stereocenters. The summed E-state index contributed by atoms with van der Waals surface area (Å²) in [4.78, 5) is 14.1. The number of rotatable bonds is 6. The van der Waals surface area contributed by atoms with Gasteiger partial charge < -0.3 is 14.3 Å². The molecule has 2 aromatic carbocycles. The lowest BCUT2D eigenvalue weighted by atomic mass is 10.1. The molecule has 26 heavy (non-hydrogen) atoms. The number of methoxy groups -OCH3 is 1. The average Bonchev–Trinajstić information content (AvgIpc) is 2.67. The lowest BCUT2D eigenvalue weighted by Gasteiger charge is -2.05. The maximum Gasteiger partial charge on any atom is 0.309 e. The molecule has 3 rings (SSSR count). The van der Waals surface area contributed by atoms with Crippen molar-refractivity contribution in [3.8, 4) is 17.1 Å². The number of hydrogen-bond acceptors (Lipinski definition) is 3. The molecule has 0 fully saturated rings. The summed E-state index contributed by atoms with van der Waals surface area (Å²) in [7, 11) is 1.63. The van der Waals surface area contributed by atoms with Gasteiger partial charge in [0.1, 0.15) is 23.5 Å². The molecule has 2 N–H and O–H groups in total. The van der Waals surface area contributed by atoms with Gasteiger partial charge in [-0.15, -0.1) is 0 Å². The van der Waals surface area contributed by atoms with Crippen LogP contribution in [0.1, 0.15) is 18.9 Å². The Morgan fingerprint density at radius 1 is 1.15 bits per heavy atom. The van der Waals surface area contributed by atoms with Crippen molar-refractivity contribution >= 4 is 16.9 Å². The van der Waals surface area contributed by atoms with Gasteiger partial charge in [-0.3, -0.25) is 4.79 Å². The smallest absolute Gasteiger partial charge is 0.309 e. The van der Waals surface area contributed by atoms with Crippen molar-refractivity contribution in [3.05, 3.63) is 59.5 Å². The highest BCUT2D eigenvalue weighted by Gasteiger charge is 2.10. The second kappa shape index (κ2) is 7.87. The van der Waals surface area contributed by atoms with Gasteiger partial charge in [0.25, 0.3) is 0 Å². The fourth-order valence-electron chi connectivity index (χ4n) is 2.80. The van der Waals surface area contributed by atoms with Crippen molar-refractivity contribution in [1.29, 1.82) is 0 Å². The first-order chi connectivity index (χ1) is 12.6. The van der Waals surface area contributed by atoms with E-state index in [0.29, 0.717) is 12.3 Å². The van der Waals surface area contributed by atoms with Gasteiger partial charge >= 0.3 is 5.97 Å². The molecule has 0 aliphatic carbocycles. The second-order valence-corrected chi connectivity index (χ2v) is 6.01. The van der Waals surface area contributed by atoms with Crippen LogP contribution in [0.15, 0.2) is 52.9 Å². The lowest BCUT2D eigenvalue weighted by molar-refractivity contribution is -0.498. The summed E-state index contributed by atoms with van der Waals surface area (Å²) in [5.74, 6) is 0.663. The van der Waals surface area contributed by atoms with Gasteiger partial charge in [-0.2, -0.15) is 0 Å². The zero-order chi connectivity index (χ0) is 18.5. The molecule has 5 nitrogen and oxygen atoms in total. The van der Waals surface area contributed by atoms with Crippen LogP contribution in [0.4, 0.5) is 0 Å². The molecule has 0 atom stereocenters. The van der Waals surface area contributed by atoms with Crippen LogP contribution >= 0.6 is 0 Å². The van der Waals surface area contributed by atoms with Gasteiger partial charge in [0.05, 0.1) is 18.6 Å². The summed E-state index contributed by atoms with van der Waals surface area (Å²) in [5, 5.41) is 10.7. The molecule has 0 spiro atoms. The van der Waals surface area contributed by atoms with Crippen molar-refractivity contribution in [2.24, 2.45) is 0 Å². The van der Waals surface area contributed by atoms with Crippen LogP contribution in [0.2, 0.25) is 0 Å². The SMILES string of the molecule is CCc1ccc2oc(-c3ccc(OC)cc3)cc(=[NH+]CCC(=O)O)c2c1. The van der Waals surface area contributed by atoms with Crippen LogP contribution in [0.25, 0.3) is 22.3 Å². The quantitative estimate of drug-likeness (QED) is 0.713. The highest BCUT2D eigenvalue weighted by Crippen LogP contribution is 2.24. The van der Waals surface area contributed by atoms with E-state index in [0.717, 1.165) is 34.1 Å². The number of ether oxygens (including phenoxy) is 1. The number of benzene rings is 2. The number of carbonyl (C=O) groups is 1. The summed E-state index contributed by atoms with van der Waals surface area (Å²) >= 11 is 0. The van der Waals surface area contributed by atoms with Crippen LogP contribution in [0.3, 0.4) is 0 Å². The summed E-state index contributed by atoms with van der Waals surface area (Å²) in [6, 6.07) is 15.6. The van der Waals surface area contributed by atoms with Crippen LogP contribution in [0.5, 0.6) is 5.75 Å². The first kappa shape index (κ1) is 17.7. The number of carboxylic acids is 1. The predicted octanol–water partition coefficient (Wildman–Crippen LogP) is 2.13. The maximum absolute atomic E-state index is 10.8. The molecule has 0 radical (unpaired) electrons. The molecular weight excluding hydrogens is 330 g/mol. The minimum Gasteiger partial charge on any atom is -0.497 e. The minimum atomic E-state index is -0.827. The van der Waals surface area contributed by atoms with E-state index in [1.807, 2.05) is 42.5 Å². The van der Waals surface area contributed by atoms with Gasteiger partial charge in [-0.05, 0) is 48.4 Å². The van der Waals surface area contributed by atoms with E-state index in [9.17, 15) is 4.79 Å². The van der Waals surface area contributed by atoms with Crippen LogP contribution < -0.4 is 15.1 Å². The van der Waals surface area contributed by atoms with Crippen molar-refractivity contribution in [2.45, 2.75) is 19.8 Å². The molecule has 0 saturated carbocycles. The molecule has 5 heteroatoms. The van der Waals surface area contributed by atoms with E-state index < -0.39 is 5.97 Å². The Hall–Kier alpha value is -3.08. The third-order valence-electron chi connectivity index (χ3n) is 4.27. The fourth-order valence-corrected chi connectivity index (χ4v) is 2.80. The van der Waals surface area contributed by atoms with E-state index in [1.54, 1.807) is 7.11 Å². The third-order valence-corrected chi connectivity index (χ3v) is 4.27. The van der Waals surface area contributed by atoms with Gasteiger partial charge in [-0.25, -0.2) is 4.99 Å². The summed E-state index contributed by atoms with van der Waals surface area (Å²) in [5.41, 5.74) is 2.88. The standard InChI is InChI=1S/C21H21NO4/c1-3-14-4-9-19-17(12-14)18(22-11-10-21(23)24)13-20(26-19)15-5-7-16(25-2)8-6-15/h4-9,12-13H,3,10-11H2,1-2H3,(H,23,24)/p+1. The molecule has 3 aromatic rings. The van der Waals surface area contributed by atoms with E-state index in [4.69, 9.17) is 14.3 Å². The molecule has 0 saturated heterocycles. The fraction of sp³-hybridized carbons (Fsp3) is 0.238. The highest BCUT2D eigenvalue weighted by atomic mass is 16.5. The maximum atomic E-state index is 10.8. The summed E-state index contributed by atoms with van der Waals surface area (Å²) in [6.07, 6.45) is 0.976. The highest BCUT2D eigenvalue weighted by molar-refractivity contribution is 5.78. The van der Waals surface area contributed by atoms with Crippen molar-refractivity contribution in [2.75, 3.05) is 13.7 Å². The van der Waals surface area contributed by atoms with Crippen LogP contribution in [0, 0.1) is 0 Å². The Bertz CT molecular complexity index is 987. The average molecular weight is 352 g/mol. The molecule has 1 aromatic heterocycles. The number of aryl methyl sites for hydroxylation is 1. The summed E-state index contributed by atoms with van der Waals surface area (Å²) in [6.45, 7) is 2.45. The van der Waals surface area contributed by atoms with E-state index in [2.05, 4.69) is 18.0 Å². The largest absolute Gasteiger partial charge is 0.497 e. The number of fused-ring (bicyclic) bond motifs is 1. The topological polar surface area (TPSA) is 73.6 Å². The van der Waals surface area contributed by atoms with Crippen molar-refractivity contribution < 1.29 is 24.0 Å². The zero-order valence-electron chi connectivity index (χ0n) is 14.9. The van der Waals surface area contributed by atoms with Crippen LogP contribution in [-0.2, 0) is 11.2 Å². The molecule has 134 valence electrons. The number of aliphatic carboxylic acids is 1. The van der Waals surface area contributed by atoms with Gasteiger partial charge in [0.2, 0.25) is 5.36 Å². The van der Waals surface area contributed by atoms with E-state index >= 15 is 0 Å². The minimum absolute atomic E-state index is 0.0544. The first-order valence-electron chi connectivity index (χ1n) is 8.60. The molecule has 1 heterocycles. The Balaban J connectivity index is 2.14. The van der Waals surface area contributed by atoms with Gasteiger partial charge in [0.15, 0.2) is 6.54 Å². The number of hydrogen-bond donors (Lipinski definition) is 2. The zero-order valence-corrected chi connectivity index (χ0v) is 14.9. The van der Waals surface area contributed by atoms with Crippen LogP contribution in [-0.4, -0.2) is 24.7 Å². The Morgan fingerprint density at radius 2 is 1.92 bits per heavy atom. The molecule has 0 bridgehead atoms. The lowest BCUT2D eigenvalue weighted by Crippen LogP contribution is -2.77.